The molecule has 1 heterocycles. The molecule has 0 radical (unpaired) electrons. The van der Waals surface area contributed by atoms with Crippen molar-refractivity contribution in [3.8, 4) is 17.2 Å². The number of carbonyl (C=O) groups is 1. The van der Waals surface area contributed by atoms with Crippen LogP contribution in [0, 0.1) is 0 Å². The van der Waals surface area contributed by atoms with Gasteiger partial charge in [0.2, 0.25) is 5.89 Å². The van der Waals surface area contributed by atoms with Gasteiger partial charge in [-0.15, -0.1) is 0 Å². The van der Waals surface area contributed by atoms with E-state index in [2.05, 4.69) is 55.4 Å². The molecule has 7 heteroatoms. The Morgan fingerprint density at radius 1 is 1.03 bits per heavy atom. The van der Waals surface area contributed by atoms with Gasteiger partial charge >= 0.3 is 0 Å². The monoisotopic (exact) mass is 501 g/mol. The van der Waals surface area contributed by atoms with Gasteiger partial charge in [0.25, 0.3) is 5.91 Å². The number of amides is 1. The Morgan fingerprint density at radius 2 is 1.78 bits per heavy atom. The zero-order valence-electron chi connectivity index (χ0n) is 21.0. The standard InChI is InChI=1S/C29H31N3O3S/c1-5-19(4)21-11-14-26-25(16-21)31-28(35-26)22-7-6-8-23(15-22)30-29(36)32-27(33)17-34-24-12-9-20(10-13-24)18(2)3/h6-16,18-19H,5,17H2,1-4H3,(H2,30,32,33,36)/t19-/m0/s1. The van der Waals surface area contributed by atoms with Crippen molar-refractivity contribution >= 4 is 40.0 Å². The van der Waals surface area contributed by atoms with Crippen LogP contribution >= 0.6 is 12.2 Å². The molecule has 4 rings (SSSR count). The van der Waals surface area contributed by atoms with Gasteiger partial charge in [0.05, 0.1) is 0 Å². The predicted molar refractivity (Wildman–Crippen MR) is 149 cm³/mol. The molecule has 0 fully saturated rings. The van der Waals surface area contributed by atoms with Gasteiger partial charge in [0, 0.05) is 11.3 Å². The summed E-state index contributed by atoms with van der Waals surface area (Å²) in [5.74, 6) is 1.73. The van der Waals surface area contributed by atoms with Crippen LogP contribution in [-0.2, 0) is 4.79 Å². The number of anilines is 1. The molecular weight excluding hydrogens is 470 g/mol. The lowest BCUT2D eigenvalue weighted by atomic mass is 9.98. The summed E-state index contributed by atoms with van der Waals surface area (Å²) >= 11 is 5.31. The third kappa shape index (κ3) is 6.29. The molecule has 1 atom stereocenters. The Balaban J connectivity index is 1.35. The first-order valence-electron chi connectivity index (χ1n) is 12.2. The summed E-state index contributed by atoms with van der Waals surface area (Å²) in [6.07, 6.45) is 1.07. The van der Waals surface area contributed by atoms with Gasteiger partial charge in [-0.05, 0) is 84.1 Å². The fraction of sp³-hybridized carbons (Fsp3) is 0.276. The lowest BCUT2D eigenvalue weighted by Crippen LogP contribution is -2.37. The predicted octanol–water partition coefficient (Wildman–Crippen LogP) is 7.02. The maximum Gasteiger partial charge on any atom is 0.264 e. The first kappa shape index (κ1) is 25.4. The van der Waals surface area contributed by atoms with Crippen molar-refractivity contribution in [2.75, 3.05) is 11.9 Å². The molecule has 0 spiro atoms. The summed E-state index contributed by atoms with van der Waals surface area (Å²) in [5, 5.41) is 5.88. The zero-order valence-corrected chi connectivity index (χ0v) is 21.8. The number of fused-ring (bicyclic) bond motifs is 1. The normalized spacial score (nSPS) is 11.9. The van der Waals surface area contributed by atoms with E-state index in [1.54, 1.807) is 0 Å². The van der Waals surface area contributed by atoms with Crippen molar-refractivity contribution in [1.82, 2.24) is 10.3 Å². The number of hydrogen-bond acceptors (Lipinski definition) is 5. The van der Waals surface area contributed by atoms with E-state index in [1.807, 2.05) is 54.6 Å². The van der Waals surface area contributed by atoms with E-state index in [0.717, 1.165) is 23.1 Å². The number of nitrogens with zero attached hydrogens (tertiary/aromatic N) is 1. The van der Waals surface area contributed by atoms with Gasteiger partial charge in [-0.1, -0.05) is 52.0 Å². The van der Waals surface area contributed by atoms with Crippen LogP contribution in [0.2, 0.25) is 0 Å². The van der Waals surface area contributed by atoms with Crippen molar-refractivity contribution in [3.05, 3.63) is 77.9 Å². The van der Waals surface area contributed by atoms with Crippen LogP contribution in [0.3, 0.4) is 0 Å². The first-order valence-corrected chi connectivity index (χ1v) is 12.6. The third-order valence-corrected chi connectivity index (χ3v) is 6.33. The lowest BCUT2D eigenvalue weighted by Gasteiger charge is -2.11. The third-order valence-electron chi connectivity index (χ3n) is 6.13. The van der Waals surface area contributed by atoms with Gasteiger partial charge in [-0.25, -0.2) is 4.98 Å². The fourth-order valence-corrected chi connectivity index (χ4v) is 3.99. The maximum absolute atomic E-state index is 12.3. The van der Waals surface area contributed by atoms with Crippen molar-refractivity contribution in [2.45, 2.75) is 46.0 Å². The van der Waals surface area contributed by atoms with Crippen LogP contribution < -0.4 is 15.4 Å². The minimum Gasteiger partial charge on any atom is -0.484 e. The molecule has 3 aromatic carbocycles. The zero-order chi connectivity index (χ0) is 25.7. The second kappa shape index (κ2) is 11.4. The first-order chi connectivity index (χ1) is 17.3. The largest absolute Gasteiger partial charge is 0.484 e. The van der Waals surface area contributed by atoms with Crippen LogP contribution in [0.25, 0.3) is 22.6 Å². The number of aromatic nitrogens is 1. The summed E-state index contributed by atoms with van der Waals surface area (Å²) in [7, 11) is 0. The number of ether oxygens (including phenoxy) is 1. The fourth-order valence-electron chi connectivity index (χ4n) is 3.76. The lowest BCUT2D eigenvalue weighted by molar-refractivity contribution is -0.121. The molecule has 0 aliphatic rings. The van der Waals surface area contributed by atoms with Crippen molar-refractivity contribution in [2.24, 2.45) is 0 Å². The van der Waals surface area contributed by atoms with E-state index in [4.69, 9.17) is 21.4 Å². The highest BCUT2D eigenvalue weighted by molar-refractivity contribution is 7.80. The molecule has 0 saturated heterocycles. The average Bonchev–Trinajstić information content (AvgIpc) is 3.31. The average molecular weight is 502 g/mol. The van der Waals surface area contributed by atoms with Crippen molar-refractivity contribution < 1.29 is 13.9 Å². The van der Waals surface area contributed by atoms with E-state index in [1.165, 1.54) is 11.1 Å². The van der Waals surface area contributed by atoms with Gasteiger partial charge in [-0.3, -0.25) is 10.1 Å². The Labute approximate surface area is 217 Å². The Hall–Kier alpha value is -3.71. The minimum absolute atomic E-state index is 0.134. The molecule has 36 heavy (non-hydrogen) atoms. The molecule has 1 aromatic heterocycles. The summed E-state index contributed by atoms with van der Waals surface area (Å²) in [4.78, 5) is 17.0. The summed E-state index contributed by atoms with van der Waals surface area (Å²) in [6.45, 7) is 8.50. The molecule has 0 bridgehead atoms. The Bertz CT molecular complexity index is 1360. The van der Waals surface area contributed by atoms with E-state index < -0.39 is 0 Å². The van der Waals surface area contributed by atoms with Gasteiger partial charge in [0.1, 0.15) is 11.3 Å². The second-order valence-electron chi connectivity index (χ2n) is 9.15. The number of thiocarbonyl (C=S) groups is 1. The molecule has 0 aliphatic heterocycles. The molecule has 2 N–H and O–H groups in total. The smallest absolute Gasteiger partial charge is 0.264 e. The molecule has 0 saturated carbocycles. The van der Waals surface area contributed by atoms with Gasteiger partial charge in [0.15, 0.2) is 17.3 Å². The summed E-state index contributed by atoms with van der Waals surface area (Å²) in [5.41, 5.74) is 5.57. The van der Waals surface area contributed by atoms with E-state index in [-0.39, 0.29) is 17.6 Å². The molecular formula is C29H31N3O3S. The van der Waals surface area contributed by atoms with Gasteiger partial charge in [-0.2, -0.15) is 0 Å². The van der Waals surface area contributed by atoms with E-state index >= 15 is 0 Å². The number of oxazole rings is 1. The van der Waals surface area contributed by atoms with Crippen LogP contribution in [0.5, 0.6) is 5.75 Å². The second-order valence-corrected chi connectivity index (χ2v) is 9.56. The molecule has 0 aliphatic carbocycles. The topological polar surface area (TPSA) is 76.4 Å². The van der Waals surface area contributed by atoms with Crippen LogP contribution in [0.1, 0.15) is 57.1 Å². The molecule has 186 valence electrons. The highest BCUT2D eigenvalue weighted by Gasteiger charge is 2.12. The summed E-state index contributed by atoms with van der Waals surface area (Å²) < 4.78 is 11.6. The van der Waals surface area contributed by atoms with Crippen LogP contribution in [0.4, 0.5) is 5.69 Å². The SMILES string of the molecule is CC[C@H](C)c1ccc2oc(-c3cccc(NC(=S)NC(=O)COc4ccc(C(C)C)cc4)c3)nc2c1. The quantitative estimate of drug-likeness (QED) is 0.253. The number of nitrogens with one attached hydrogen (secondary N) is 2. The molecule has 4 aromatic rings. The van der Waals surface area contributed by atoms with E-state index in [0.29, 0.717) is 29.2 Å². The number of hydrogen-bond donors (Lipinski definition) is 2. The Morgan fingerprint density at radius 3 is 2.50 bits per heavy atom. The number of carbonyl (C=O) groups excluding carboxylic acids is 1. The molecule has 0 unspecified atom stereocenters. The maximum atomic E-state index is 12.3. The molecule has 1 amide bonds. The number of rotatable bonds is 8. The van der Waals surface area contributed by atoms with Crippen molar-refractivity contribution in [3.63, 3.8) is 0 Å². The van der Waals surface area contributed by atoms with Crippen LogP contribution in [0.15, 0.2) is 71.1 Å². The van der Waals surface area contributed by atoms with Crippen LogP contribution in [-0.4, -0.2) is 22.6 Å². The van der Waals surface area contributed by atoms with Crippen molar-refractivity contribution in [1.29, 1.82) is 0 Å². The Kier molecular flexibility index (Phi) is 8.00. The van der Waals surface area contributed by atoms with Gasteiger partial charge < -0.3 is 14.5 Å². The highest BCUT2D eigenvalue weighted by Crippen LogP contribution is 2.29. The van der Waals surface area contributed by atoms with E-state index in [9.17, 15) is 4.79 Å². The minimum atomic E-state index is -0.340. The number of benzene rings is 3. The molecule has 6 nitrogen and oxygen atoms in total. The summed E-state index contributed by atoms with van der Waals surface area (Å²) in [6, 6.07) is 21.4. The highest BCUT2D eigenvalue weighted by atomic mass is 32.1.